The Balaban J connectivity index is 1.14. The minimum absolute atomic E-state index is 0.200. The van der Waals surface area contributed by atoms with E-state index in [1.54, 1.807) is 63.8 Å². The molecular weight excluding hydrogens is 510 g/mol. The van der Waals surface area contributed by atoms with Crippen molar-refractivity contribution in [1.29, 1.82) is 0 Å². The van der Waals surface area contributed by atoms with E-state index in [1.165, 1.54) is 11.1 Å². The topological polar surface area (TPSA) is 100.0 Å². The first kappa shape index (κ1) is 27.0. The second-order valence-electron chi connectivity index (χ2n) is 9.44. The highest BCUT2D eigenvalue weighted by Crippen LogP contribution is 2.33. The molecule has 1 N–H and O–H groups in total. The van der Waals surface area contributed by atoms with E-state index in [4.69, 9.17) is 18.9 Å². The molecule has 4 aromatic rings. The van der Waals surface area contributed by atoms with Crippen LogP contribution in [0.15, 0.2) is 66.9 Å². The Morgan fingerprint density at radius 2 is 1.65 bits per heavy atom. The number of benzene rings is 3. The van der Waals surface area contributed by atoms with Crippen molar-refractivity contribution in [3.05, 3.63) is 89.2 Å². The number of ether oxygens (including phenoxy) is 4. The third-order valence-corrected chi connectivity index (χ3v) is 6.88. The van der Waals surface area contributed by atoms with E-state index in [1.807, 2.05) is 16.9 Å². The molecule has 1 aliphatic rings. The van der Waals surface area contributed by atoms with Gasteiger partial charge in [0.25, 0.3) is 5.91 Å². The van der Waals surface area contributed by atoms with Crippen LogP contribution in [0, 0.1) is 0 Å². The number of rotatable bonds is 11. The summed E-state index contributed by atoms with van der Waals surface area (Å²) in [5.41, 5.74) is 4.34. The Morgan fingerprint density at radius 3 is 2.40 bits per heavy atom. The lowest BCUT2D eigenvalue weighted by molar-refractivity contribution is 0.102. The summed E-state index contributed by atoms with van der Waals surface area (Å²) in [5.74, 6) is 2.46. The van der Waals surface area contributed by atoms with E-state index < -0.39 is 0 Å². The predicted molar refractivity (Wildman–Crippen MR) is 150 cm³/mol. The molecule has 1 aliphatic heterocycles. The first-order valence-electron chi connectivity index (χ1n) is 13.1. The maximum Gasteiger partial charge on any atom is 0.259 e. The number of carbonyl (C=O) groups is 1. The van der Waals surface area contributed by atoms with Crippen molar-refractivity contribution in [3.63, 3.8) is 0 Å². The van der Waals surface area contributed by atoms with Crippen LogP contribution in [0.5, 0.6) is 23.0 Å². The molecule has 40 heavy (non-hydrogen) atoms. The van der Waals surface area contributed by atoms with Crippen molar-refractivity contribution in [1.82, 2.24) is 19.9 Å². The van der Waals surface area contributed by atoms with Gasteiger partial charge < -0.3 is 24.3 Å². The lowest BCUT2D eigenvalue weighted by Gasteiger charge is -2.29. The molecule has 0 radical (unpaired) electrons. The summed E-state index contributed by atoms with van der Waals surface area (Å²) in [4.78, 5) is 15.3. The third-order valence-electron chi connectivity index (χ3n) is 6.88. The summed E-state index contributed by atoms with van der Waals surface area (Å²) in [6, 6.07) is 18.4. The quantitative estimate of drug-likeness (QED) is 0.301. The molecule has 0 saturated heterocycles. The number of hydrogen-bond donors (Lipinski definition) is 1. The molecule has 0 atom stereocenters. The molecule has 5 rings (SSSR count). The van der Waals surface area contributed by atoms with Gasteiger partial charge >= 0.3 is 0 Å². The number of hydrogen-bond acceptors (Lipinski definition) is 8. The average Bonchev–Trinajstić information content (AvgIpc) is 3.46. The van der Waals surface area contributed by atoms with Gasteiger partial charge in [-0.2, -0.15) is 0 Å². The molecule has 3 aromatic carbocycles. The van der Waals surface area contributed by atoms with Crippen molar-refractivity contribution < 1.29 is 23.7 Å². The van der Waals surface area contributed by atoms with E-state index in [9.17, 15) is 4.79 Å². The minimum Gasteiger partial charge on any atom is -0.497 e. The van der Waals surface area contributed by atoms with Crippen molar-refractivity contribution in [2.24, 2.45) is 0 Å². The van der Waals surface area contributed by atoms with Gasteiger partial charge in [0, 0.05) is 25.3 Å². The van der Waals surface area contributed by atoms with Gasteiger partial charge in [0.2, 0.25) is 0 Å². The molecule has 0 bridgehead atoms. The normalized spacial score (nSPS) is 12.9. The van der Waals surface area contributed by atoms with Gasteiger partial charge in [0.1, 0.15) is 23.8 Å². The zero-order chi connectivity index (χ0) is 27.9. The summed E-state index contributed by atoms with van der Waals surface area (Å²) in [6.45, 7) is 3.55. The van der Waals surface area contributed by atoms with Crippen molar-refractivity contribution in [2.75, 3.05) is 39.7 Å². The van der Waals surface area contributed by atoms with Crippen LogP contribution in [0.4, 0.5) is 5.69 Å². The summed E-state index contributed by atoms with van der Waals surface area (Å²) in [5, 5.41) is 11.4. The second kappa shape index (κ2) is 12.5. The molecule has 1 amide bonds. The van der Waals surface area contributed by atoms with E-state index in [-0.39, 0.29) is 12.5 Å². The van der Waals surface area contributed by atoms with Crippen LogP contribution in [0.1, 0.15) is 27.2 Å². The summed E-state index contributed by atoms with van der Waals surface area (Å²) >= 11 is 0. The summed E-state index contributed by atoms with van der Waals surface area (Å²) in [6.07, 6.45) is 2.84. The van der Waals surface area contributed by atoms with Gasteiger partial charge in [0.05, 0.1) is 39.6 Å². The fourth-order valence-electron chi connectivity index (χ4n) is 4.69. The molecule has 0 saturated carbocycles. The van der Waals surface area contributed by atoms with Crippen LogP contribution >= 0.6 is 0 Å². The number of carbonyl (C=O) groups excluding carboxylic acids is 1. The number of amides is 1. The van der Waals surface area contributed by atoms with Crippen LogP contribution in [0.2, 0.25) is 0 Å². The highest BCUT2D eigenvalue weighted by atomic mass is 16.5. The standard InChI is InChI=1S/C30H33N5O5/c1-37-25-10-8-23(9-11-25)31-30(36)26-6-4-5-7-27(26)40-20-24-19-35(33-32-24)15-14-34-13-12-21-16-28(38-2)29(39-3)17-22(21)18-34/h4-11,16-17,19H,12-15,18,20H2,1-3H3,(H,31,36). The van der Waals surface area contributed by atoms with Crippen molar-refractivity contribution in [3.8, 4) is 23.0 Å². The molecule has 10 nitrogen and oxygen atoms in total. The molecular formula is C30H33N5O5. The summed E-state index contributed by atoms with van der Waals surface area (Å²) < 4.78 is 23.9. The Morgan fingerprint density at radius 1 is 0.900 bits per heavy atom. The smallest absolute Gasteiger partial charge is 0.259 e. The van der Waals surface area contributed by atoms with Gasteiger partial charge in [-0.05, 0) is 66.1 Å². The van der Waals surface area contributed by atoms with E-state index in [0.717, 1.165) is 43.3 Å². The monoisotopic (exact) mass is 543 g/mol. The number of nitrogens with one attached hydrogen (secondary N) is 1. The molecule has 0 unspecified atom stereocenters. The average molecular weight is 544 g/mol. The first-order chi connectivity index (χ1) is 19.6. The van der Waals surface area contributed by atoms with E-state index in [2.05, 4.69) is 32.7 Å². The zero-order valence-corrected chi connectivity index (χ0v) is 22.9. The van der Waals surface area contributed by atoms with Gasteiger partial charge in [-0.15, -0.1) is 5.10 Å². The number of fused-ring (bicyclic) bond motifs is 1. The molecule has 0 fully saturated rings. The lowest BCUT2D eigenvalue weighted by atomic mass is 9.99. The Kier molecular flexibility index (Phi) is 8.46. The number of anilines is 1. The Labute approximate surface area is 233 Å². The number of aromatic nitrogens is 3. The highest BCUT2D eigenvalue weighted by molar-refractivity contribution is 6.06. The largest absolute Gasteiger partial charge is 0.497 e. The summed E-state index contributed by atoms with van der Waals surface area (Å²) in [7, 11) is 4.92. The van der Waals surface area contributed by atoms with Crippen LogP contribution in [-0.2, 0) is 26.1 Å². The fourth-order valence-corrected chi connectivity index (χ4v) is 4.69. The number of nitrogens with zero attached hydrogens (tertiary/aromatic N) is 4. The molecule has 0 spiro atoms. The zero-order valence-electron chi connectivity index (χ0n) is 22.9. The highest BCUT2D eigenvalue weighted by Gasteiger charge is 2.20. The Hall–Kier alpha value is -4.57. The predicted octanol–water partition coefficient (Wildman–Crippen LogP) is 4.19. The second-order valence-corrected chi connectivity index (χ2v) is 9.44. The molecule has 1 aromatic heterocycles. The van der Waals surface area contributed by atoms with Gasteiger partial charge in [-0.3, -0.25) is 14.4 Å². The Bertz CT molecular complexity index is 1450. The SMILES string of the molecule is COc1ccc(NC(=O)c2ccccc2OCc2cn(CCN3CCc4cc(OC)c(OC)cc4C3)nn2)cc1. The third kappa shape index (κ3) is 6.35. The first-order valence-corrected chi connectivity index (χ1v) is 13.1. The maximum atomic E-state index is 12.9. The van der Waals surface area contributed by atoms with Crippen LogP contribution in [0.25, 0.3) is 0 Å². The van der Waals surface area contributed by atoms with Gasteiger partial charge in [-0.25, -0.2) is 0 Å². The van der Waals surface area contributed by atoms with Crippen molar-refractivity contribution in [2.45, 2.75) is 26.1 Å². The van der Waals surface area contributed by atoms with Crippen molar-refractivity contribution >= 4 is 11.6 Å². The van der Waals surface area contributed by atoms with Crippen LogP contribution in [0.3, 0.4) is 0 Å². The fraction of sp³-hybridized carbons (Fsp3) is 0.300. The van der Waals surface area contributed by atoms with Gasteiger partial charge in [-0.1, -0.05) is 17.3 Å². The van der Waals surface area contributed by atoms with E-state index >= 15 is 0 Å². The minimum atomic E-state index is -0.261. The molecule has 10 heteroatoms. The van der Waals surface area contributed by atoms with Crippen LogP contribution in [-0.4, -0.2) is 60.2 Å². The number of para-hydroxylation sites is 1. The molecule has 0 aliphatic carbocycles. The van der Waals surface area contributed by atoms with Gasteiger partial charge in [0.15, 0.2) is 11.5 Å². The molecule has 2 heterocycles. The maximum absolute atomic E-state index is 12.9. The lowest BCUT2D eigenvalue weighted by Crippen LogP contribution is -2.33. The molecule has 208 valence electrons. The number of methoxy groups -OCH3 is 3. The van der Waals surface area contributed by atoms with Crippen LogP contribution < -0.4 is 24.3 Å². The van der Waals surface area contributed by atoms with E-state index in [0.29, 0.717) is 29.2 Å².